The average molecular weight is 157 g/mol. The quantitative estimate of drug-likeness (QED) is 0.464. The Bertz CT molecular complexity index is 152. The Hall–Kier alpha value is -0.860. The summed E-state index contributed by atoms with van der Waals surface area (Å²) in [5.74, 6) is 0.904. The van der Waals surface area contributed by atoms with Gasteiger partial charge in [0.05, 0.1) is 4.92 Å². The van der Waals surface area contributed by atoms with Crippen molar-refractivity contribution >= 4 is 0 Å². The van der Waals surface area contributed by atoms with Gasteiger partial charge in [0, 0.05) is 0 Å². The molecule has 0 fully saturated rings. The number of nitrogens with zero attached hydrogens (tertiary/aromatic N) is 1. The van der Waals surface area contributed by atoms with Crippen LogP contribution in [0.15, 0.2) is 12.3 Å². The van der Waals surface area contributed by atoms with E-state index in [1.807, 2.05) is 6.92 Å². The van der Waals surface area contributed by atoms with Gasteiger partial charge in [-0.1, -0.05) is 20.8 Å². The lowest BCUT2D eigenvalue weighted by molar-refractivity contribution is -0.402. The van der Waals surface area contributed by atoms with Crippen LogP contribution in [0.25, 0.3) is 0 Å². The van der Waals surface area contributed by atoms with Gasteiger partial charge in [-0.3, -0.25) is 10.1 Å². The van der Waals surface area contributed by atoms with Crippen LogP contribution in [0.1, 0.15) is 27.2 Å². The molecule has 3 nitrogen and oxygen atoms in total. The van der Waals surface area contributed by atoms with Crippen LogP contribution in [-0.4, -0.2) is 4.92 Å². The summed E-state index contributed by atoms with van der Waals surface area (Å²) in [5.41, 5.74) is 0. The summed E-state index contributed by atoms with van der Waals surface area (Å²) in [6.07, 6.45) is 3.66. The van der Waals surface area contributed by atoms with E-state index in [-0.39, 0.29) is 0 Å². The molecule has 0 aromatic heterocycles. The number of nitro groups is 1. The maximum atomic E-state index is 9.91. The minimum atomic E-state index is -0.420. The molecular formula is C8H15NO2. The van der Waals surface area contributed by atoms with Crippen LogP contribution < -0.4 is 0 Å². The largest absolute Gasteiger partial charge is 0.259 e. The van der Waals surface area contributed by atoms with Crippen LogP contribution in [-0.2, 0) is 0 Å². The Kier molecular flexibility index (Phi) is 4.50. The van der Waals surface area contributed by atoms with Crippen molar-refractivity contribution in [1.29, 1.82) is 0 Å². The van der Waals surface area contributed by atoms with Crippen molar-refractivity contribution in [3.63, 3.8) is 0 Å². The van der Waals surface area contributed by atoms with E-state index in [9.17, 15) is 10.1 Å². The molecule has 0 aromatic carbocycles. The number of hydrogen-bond acceptors (Lipinski definition) is 2. The third-order valence-corrected chi connectivity index (χ3v) is 1.38. The Morgan fingerprint density at radius 3 is 2.36 bits per heavy atom. The summed E-state index contributed by atoms with van der Waals surface area (Å²) >= 11 is 0. The molecule has 0 aromatic rings. The average Bonchev–Trinajstić information content (AvgIpc) is 1.82. The normalized spacial score (nSPS) is 14.2. The minimum absolute atomic E-state index is 0.306. The van der Waals surface area contributed by atoms with Gasteiger partial charge in [-0.05, 0) is 24.3 Å². The van der Waals surface area contributed by atoms with E-state index in [2.05, 4.69) is 13.8 Å². The topological polar surface area (TPSA) is 43.1 Å². The number of hydrogen-bond donors (Lipinski definition) is 0. The molecule has 0 aliphatic carbocycles. The van der Waals surface area contributed by atoms with Crippen molar-refractivity contribution in [1.82, 2.24) is 0 Å². The maximum absolute atomic E-state index is 9.91. The predicted octanol–water partition coefficient (Wildman–Crippen LogP) is 2.46. The van der Waals surface area contributed by atoms with E-state index in [4.69, 9.17) is 0 Å². The molecule has 0 aliphatic rings. The Balaban J connectivity index is 3.68. The monoisotopic (exact) mass is 157 g/mol. The first-order chi connectivity index (χ1) is 5.02. The fourth-order valence-electron chi connectivity index (χ4n) is 1.04. The van der Waals surface area contributed by atoms with Crippen molar-refractivity contribution in [2.24, 2.45) is 11.8 Å². The summed E-state index contributed by atoms with van der Waals surface area (Å²) in [7, 11) is 0. The smallest absolute Gasteiger partial charge is 0.230 e. The zero-order valence-corrected chi connectivity index (χ0v) is 7.28. The fraction of sp³-hybridized carbons (Fsp3) is 0.750. The van der Waals surface area contributed by atoms with Crippen LogP contribution in [0.4, 0.5) is 0 Å². The highest BCUT2D eigenvalue weighted by atomic mass is 16.6. The summed E-state index contributed by atoms with van der Waals surface area (Å²) in [6.45, 7) is 6.20. The molecule has 11 heavy (non-hydrogen) atoms. The lowest BCUT2D eigenvalue weighted by Gasteiger charge is -2.06. The lowest BCUT2D eigenvalue weighted by atomic mass is 9.99. The van der Waals surface area contributed by atoms with Crippen LogP contribution in [0.2, 0.25) is 0 Å². The molecule has 0 heterocycles. The molecule has 0 aliphatic heterocycles. The van der Waals surface area contributed by atoms with Gasteiger partial charge in [0.25, 0.3) is 0 Å². The minimum Gasteiger partial charge on any atom is -0.259 e. The third-order valence-electron chi connectivity index (χ3n) is 1.38. The van der Waals surface area contributed by atoms with Crippen LogP contribution in [0.3, 0.4) is 0 Å². The van der Waals surface area contributed by atoms with Gasteiger partial charge in [0.15, 0.2) is 0 Å². The fourth-order valence-corrected chi connectivity index (χ4v) is 1.04. The first kappa shape index (κ1) is 10.1. The SMILES string of the molecule is CC(C)CC(C)C=C[N+](=O)[O-]. The molecule has 0 saturated heterocycles. The van der Waals surface area contributed by atoms with Gasteiger partial charge in [0.1, 0.15) is 0 Å². The van der Waals surface area contributed by atoms with E-state index in [1.165, 1.54) is 0 Å². The zero-order chi connectivity index (χ0) is 8.85. The molecule has 0 spiro atoms. The van der Waals surface area contributed by atoms with E-state index in [1.54, 1.807) is 6.08 Å². The van der Waals surface area contributed by atoms with Gasteiger partial charge in [-0.15, -0.1) is 0 Å². The number of rotatable bonds is 4. The molecule has 64 valence electrons. The van der Waals surface area contributed by atoms with E-state index < -0.39 is 4.92 Å². The van der Waals surface area contributed by atoms with Gasteiger partial charge in [-0.2, -0.15) is 0 Å². The van der Waals surface area contributed by atoms with Crippen LogP contribution in [0.5, 0.6) is 0 Å². The molecule has 0 amide bonds. The highest BCUT2D eigenvalue weighted by Crippen LogP contribution is 2.11. The van der Waals surface area contributed by atoms with E-state index in [0.29, 0.717) is 11.8 Å². The zero-order valence-electron chi connectivity index (χ0n) is 7.28. The lowest BCUT2D eigenvalue weighted by Crippen LogP contribution is -1.97. The second-order valence-electron chi connectivity index (χ2n) is 3.23. The molecule has 0 rings (SSSR count). The second kappa shape index (κ2) is 4.88. The summed E-state index contributed by atoms with van der Waals surface area (Å²) in [6, 6.07) is 0. The molecule has 1 atom stereocenters. The molecule has 0 N–H and O–H groups in total. The summed E-state index contributed by atoms with van der Waals surface area (Å²) in [4.78, 5) is 9.49. The van der Waals surface area contributed by atoms with Crippen molar-refractivity contribution in [3.8, 4) is 0 Å². The van der Waals surface area contributed by atoms with Gasteiger partial charge >= 0.3 is 0 Å². The van der Waals surface area contributed by atoms with Crippen molar-refractivity contribution < 1.29 is 4.92 Å². The highest BCUT2D eigenvalue weighted by Gasteiger charge is 2.01. The second-order valence-corrected chi connectivity index (χ2v) is 3.23. The Morgan fingerprint density at radius 1 is 1.45 bits per heavy atom. The molecule has 0 bridgehead atoms. The molecule has 3 heteroatoms. The standard InChI is InChI=1S/C8H15NO2/c1-7(2)6-8(3)4-5-9(10)11/h4-5,7-8H,6H2,1-3H3. The first-order valence-electron chi connectivity index (χ1n) is 3.84. The summed E-state index contributed by atoms with van der Waals surface area (Å²) < 4.78 is 0. The molecule has 0 saturated carbocycles. The van der Waals surface area contributed by atoms with Crippen LogP contribution in [0, 0.1) is 22.0 Å². The predicted molar refractivity (Wildman–Crippen MR) is 44.8 cm³/mol. The summed E-state index contributed by atoms with van der Waals surface area (Å²) in [5, 5.41) is 9.91. The van der Waals surface area contributed by atoms with Gasteiger partial charge in [0.2, 0.25) is 6.20 Å². The van der Waals surface area contributed by atoms with Crippen LogP contribution >= 0.6 is 0 Å². The first-order valence-corrected chi connectivity index (χ1v) is 3.84. The van der Waals surface area contributed by atoms with Gasteiger partial charge < -0.3 is 0 Å². The van der Waals surface area contributed by atoms with Crippen molar-refractivity contribution in [3.05, 3.63) is 22.4 Å². The Labute approximate surface area is 67.3 Å². The maximum Gasteiger partial charge on any atom is 0.230 e. The van der Waals surface area contributed by atoms with Crippen molar-refractivity contribution in [2.45, 2.75) is 27.2 Å². The van der Waals surface area contributed by atoms with Gasteiger partial charge in [-0.25, -0.2) is 0 Å². The number of allylic oxidation sites excluding steroid dienone is 1. The molecule has 1 unspecified atom stereocenters. The van der Waals surface area contributed by atoms with Crippen molar-refractivity contribution in [2.75, 3.05) is 0 Å². The van der Waals surface area contributed by atoms with E-state index >= 15 is 0 Å². The van der Waals surface area contributed by atoms with E-state index in [0.717, 1.165) is 12.6 Å². The highest BCUT2D eigenvalue weighted by molar-refractivity contribution is 4.79. The third kappa shape index (κ3) is 7.03. The molecular weight excluding hydrogens is 142 g/mol. The molecule has 0 radical (unpaired) electrons. The Morgan fingerprint density at radius 2 is 2.00 bits per heavy atom.